The summed E-state index contributed by atoms with van der Waals surface area (Å²) in [6.45, 7) is 5.14. The average molecular weight is 391 g/mol. The molecule has 0 aliphatic rings. The number of nitrogens with one attached hydrogen (secondary N) is 1. The highest BCUT2D eigenvalue weighted by atomic mass is 32.2. The number of hydrogen-bond donors (Lipinski definition) is 1. The quantitative estimate of drug-likeness (QED) is 0.760. The van der Waals surface area contributed by atoms with Crippen LogP contribution in [0.4, 0.5) is 5.69 Å². The van der Waals surface area contributed by atoms with Crippen molar-refractivity contribution in [3.8, 4) is 0 Å². The SMILES string of the molecule is COC(=O)[C@H](C)OC(=O)c1ccc(NS(=O)(=O)c2ccc(C)c(C)c2)cc1. The molecule has 144 valence electrons. The number of sulfonamides is 1. The molecule has 0 bridgehead atoms. The van der Waals surface area contributed by atoms with Crippen LogP contribution in [0.5, 0.6) is 0 Å². The van der Waals surface area contributed by atoms with E-state index in [1.807, 2.05) is 13.8 Å². The molecule has 0 radical (unpaired) electrons. The van der Waals surface area contributed by atoms with Gasteiger partial charge in [0.25, 0.3) is 10.0 Å². The van der Waals surface area contributed by atoms with Crippen LogP contribution in [0.25, 0.3) is 0 Å². The van der Waals surface area contributed by atoms with E-state index in [0.29, 0.717) is 5.69 Å². The van der Waals surface area contributed by atoms with Crippen molar-refractivity contribution < 1.29 is 27.5 Å². The second kappa shape index (κ2) is 8.22. The summed E-state index contributed by atoms with van der Waals surface area (Å²) in [4.78, 5) is 23.4. The van der Waals surface area contributed by atoms with Crippen molar-refractivity contribution in [1.29, 1.82) is 0 Å². The number of esters is 2. The van der Waals surface area contributed by atoms with Crippen LogP contribution in [0.15, 0.2) is 47.4 Å². The molecule has 0 aliphatic heterocycles. The molecule has 2 rings (SSSR count). The highest BCUT2D eigenvalue weighted by Crippen LogP contribution is 2.19. The predicted molar refractivity (Wildman–Crippen MR) is 100 cm³/mol. The Morgan fingerprint density at radius 3 is 2.19 bits per heavy atom. The topological polar surface area (TPSA) is 98.8 Å². The maximum absolute atomic E-state index is 12.5. The lowest BCUT2D eigenvalue weighted by atomic mass is 10.1. The van der Waals surface area contributed by atoms with Gasteiger partial charge in [-0.3, -0.25) is 4.72 Å². The molecule has 0 amide bonds. The Kier molecular flexibility index (Phi) is 6.22. The van der Waals surface area contributed by atoms with E-state index >= 15 is 0 Å². The molecule has 0 aliphatic carbocycles. The Hall–Kier alpha value is -2.87. The first kappa shape index (κ1) is 20.4. The maximum Gasteiger partial charge on any atom is 0.346 e. The van der Waals surface area contributed by atoms with Gasteiger partial charge in [-0.05, 0) is 68.3 Å². The first-order valence-electron chi connectivity index (χ1n) is 8.13. The summed E-state index contributed by atoms with van der Waals surface area (Å²) in [6, 6.07) is 10.6. The minimum absolute atomic E-state index is 0.154. The number of anilines is 1. The van der Waals surface area contributed by atoms with Crippen LogP contribution in [-0.4, -0.2) is 33.6 Å². The number of rotatable bonds is 6. The molecule has 1 N–H and O–H groups in total. The molecular weight excluding hydrogens is 370 g/mol. The number of carbonyl (C=O) groups is 2. The number of carbonyl (C=O) groups excluding carboxylic acids is 2. The zero-order valence-corrected chi connectivity index (χ0v) is 16.3. The van der Waals surface area contributed by atoms with Crippen LogP contribution in [-0.2, 0) is 24.3 Å². The van der Waals surface area contributed by atoms with Gasteiger partial charge in [0.1, 0.15) is 0 Å². The van der Waals surface area contributed by atoms with Crippen LogP contribution < -0.4 is 4.72 Å². The molecule has 0 heterocycles. The lowest BCUT2D eigenvalue weighted by Crippen LogP contribution is -2.25. The third-order valence-corrected chi connectivity index (χ3v) is 5.36. The van der Waals surface area contributed by atoms with Crippen LogP contribution in [0, 0.1) is 13.8 Å². The highest BCUT2D eigenvalue weighted by molar-refractivity contribution is 7.92. The van der Waals surface area contributed by atoms with E-state index in [4.69, 9.17) is 4.74 Å². The van der Waals surface area contributed by atoms with Crippen LogP contribution in [0.2, 0.25) is 0 Å². The van der Waals surface area contributed by atoms with Crippen molar-refractivity contribution in [3.63, 3.8) is 0 Å². The van der Waals surface area contributed by atoms with Gasteiger partial charge in [-0.2, -0.15) is 0 Å². The molecule has 0 aromatic heterocycles. The minimum atomic E-state index is -3.75. The molecule has 0 saturated heterocycles. The van der Waals surface area contributed by atoms with E-state index in [9.17, 15) is 18.0 Å². The summed E-state index contributed by atoms with van der Waals surface area (Å²) < 4.78 is 36.9. The molecule has 0 unspecified atom stereocenters. The van der Waals surface area contributed by atoms with E-state index in [1.54, 1.807) is 12.1 Å². The van der Waals surface area contributed by atoms with E-state index in [0.717, 1.165) is 11.1 Å². The number of benzene rings is 2. The van der Waals surface area contributed by atoms with E-state index in [-0.39, 0.29) is 10.5 Å². The van der Waals surface area contributed by atoms with Gasteiger partial charge in [0, 0.05) is 5.69 Å². The van der Waals surface area contributed by atoms with Crippen LogP contribution in [0.1, 0.15) is 28.4 Å². The first-order chi connectivity index (χ1) is 12.6. The van der Waals surface area contributed by atoms with Crippen molar-refractivity contribution in [2.24, 2.45) is 0 Å². The second-order valence-electron chi connectivity index (χ2n) is 6.00. The van der Waals surface area contributed by atoms with Crippen molar-refractivity contribution in [2.75, 3.05) is 11.8 Å². The smallest absolute Gasteiger partial charge is 0.346 e. The van der Waals surface area contributed by atoms with Crippen molar-refractivity contribution in [1.82, 2.24) is 0 Å². The number of aryl methyl sites for hydroxylation is 2. The van der Waals surface area contributed by atoms with Gasteiger partial charge >= 0.3 is 11.9 Å². The Bertz CT molecular complexity index is 951. The van der Waals surface area contributed by atoms with Crippen molar-refractivity contribution >= 4 is 27.6 Å². The van der Waals surface area contributed by atoms with Gasteiger partial charge in [-0.1, -0.05) is 6.07 Å². The average Bonchev–Trinajstić information content (AvgIpc) is 2.63. The molecular formula is C19H21NO6S. The number of hydrogen-bond acceptors (Lipinski definition) is 6. The summed E-state index contributed by atoms with van der Waals surface area (Å²) in [5.41, 5.74) is 2.35. The first-order valence-corrected chi connectivity index (χ1v) is 9.61. The summed E-state index contributed by atoms with van der Waals surface area (Å²) in [6.07, 6.45) is -1.04. The fourth-order valence-corrected chi connectivity index (χ4v) is 3.36. The summed E-state index contributed by atoms with van der Waals surface area (Å²) in [5.74, 6) is -1.38. The zero-order valence-electron chi connectivity index (χ0n) is 15.5. The second-order valence-corrected chi connectivity index (χ2v) is 7.68. The van der Waals surface area contributed by atoms with Crippen molar-refractivity contribution in [3.05, 3.63) is 59.2 Å². The minimum Gasteiger partial charge on any atom is -0.466 e. The Balaban J connectivity index is 2.11. The molecule has 0 spiro atoms. The summed E-state index contributed by atoms with van der Waals surface area (Å²) >= 11 is 0. The van der Waals surface area contributed by atoms with Gasteiger partial charge in [0.2, 0.25) is 0 Å². The standard InChI is InChI=1S/C19H21NO6S/c1-12-5-10-17(11-13(12)2)27(23,24)20-16-8-6-15(7-9-16)19(22)26-14(3)18(21)25-4/h5-11,14,20H,1-4H3/t14-/m0/s1. The summed E-state index contributed by atoms with van der Waals surface area (Å²) in [7, 11) is -2.55. The lowest BCUT2D eigenvalue weighted by molar-refractivity contribution is -0.149. The monoisotopic (exact) mass is 391 g/mol. The molecule has 27 heavy (non-hydrogen) atoms. The van der Waals surface area contributed by atoms with Gasteiger partial charge in [0.05, 0.1) is 17.6 Å². The maximum atomic E-state index is 12.5. The largest absolute Gasteiger partial charge is 0.466 e. The fraction of sp³-hybridized carbons (Fsp3) is 0.263. The van der Waals surface area contributed by atoms with E-state index < -0.39 is 28.1 Å². The normalized spacial score (nSPS) is 12.1. The fourth-order valence-electron chi connectivity index (χ4n) is 2.21. The highest BCUT2D eigenvalue weighted by Gasteiger charge is 2.20. The Morgan fingerprint density at radius 2 is 1.63 bits per heavy atom. The molecule has 8 heteroatoms. The third kappa shape index (κ3) is 5.07. The molecule has 1 atom stereocenters. The van der Waals surface area contributed by atoms with Crippen molar-refractivity contribution in [2.45, 2.75) is 31.8 Å². The van der Waals surface area contributed by atoms with Gasteiger partial charge in [-0.25, -0.2) is 18.0 Å². The Labute approximate surface area is 158 Å². The van der Waals surface area contributed by atoms with Gasteiger partial charge in [0.15, 0.2) is 6.10 Å². The molecule has 0 saturated carbocycles. The zero-order chi connectivity index (χ0) is 20.2. The van der Waals surface area contributed by atoms with Gasteiger partial charge < -0.3 is 9.47 Å². The van der Waals surface area contributed by atoms with Crippen LogP contribution >= 0.6 is 0 Å². The molecule has 7 nitrogen and oxygen atoms in total. The summed E-state index contributed by atoms with van der Waals surface area (Å²) in [5, 5.41) is 0. The Morgan fingerprint density at radius 1 is 1.00 bits per heavy atom. The van der Waals surface area contributed by atoms with E-state index in [2.05, 4.69) is 9.46 Å². The molecule has 2 aromatic rings. The number of methoxy groups -OCH3 is 1. The molecule has 2 aromatic carbocycles. The van der Waals surface area contributed by atoms with Crippen LogP contribution in [0.3, 0.4) is 0 Å². The van der Waals surface area contributed by atoms with Gasteiger partial charge in [-0.15, -0.1) is 0 Å². The lowest BCUT2D eigenvalue weighted by Gasteiger charge is -2.12. The third-order valence-electron chi connectivity index (χ3n) is 3.98. The van der Waals surface area contributed by atoms with E-state index in [1.165, 1.54) is 44.4 Å². The number of ether oxygens (including phenoxy) is 2. The predicted octanol–water partition coefficient (Wildman–Crippen LogP) is 2.82. The molecule has 0 fully saturated rings.